The highest BCUT2D eigenvalue weighted by atomic mass is 32.2. The van der Waals surface area contributed by atoms with Crippen LogP contribution in [0, 0.1) is 5.92 Å². The van der Waals surface area contributed by atoms with Crippen molar-refractivity contribution in [3.8, 4) is 16.2 Å². The van der Waals surface area contributed by atoms with Crippen LogP contribution in [-0.4, -0.2) is 49.9 Å². The highest BCUT2D eigenvalue weighted by molar-refractivity contribution is 8.01. The molecule has 1 N–H and O–H groups in total. The molecule has 0 bridgehead atoms. The van der Waals surface area contributed by atoms with Gasteiger partial charge in [-0.2, -0.15) is 0 Å². The number of carbonyl (C=O) groups is 2. The minimum absolute atomic E-state index is 0.274. The quantitative estimate of drug-likeness (QED) is 0.116. The van der Waals surface area contributed by atoms with Crippen LogP contribution in [0.25, 0.3) is 16.0 Å². The molecule has 1 aromatic heterocycles. The second kappa shape index (κ2) is 14.1. The summed E-state index contributed by atoms with van der Waals surface area (Å²) in [4.78, 5) is 34.1. The van der Waals surface area contributed by atoms with Crippen molar-refractivity contribution in [2.45, 2.75) is 38.5 Å². The number of benzene rings is 2. The van der Waals surface area contributed by atoms with Gasteiger partial charge in [-0.3, -0.25) is 9.79 Å². The summed E-state index contributed by atoms with van der Waals surface area (Å²) in [5, 5.41) is 4.55. The second-order valence-electron chi connectivity index (χ2n) is 10.8. The van der Waals surface area contributed by atoms with E-state index in [9.17, 15) is 9.59 Å². The summed E-state index contributed by atoms with van der Waals surface area (Å²) in [6, 6.07) is 19.1. The number of thiophene rings is 1. The number of esters is 1. The highest BCUT2D eigenvalue weighted by Crippen LogP contribution is 2.43. The van der Waals surface area contributed by atoms with Gasteiger partial charge in [0.1, 0.15) is 16.3 Å². The molecule has 6 nitrogen and oxygen atoms in total. The number of aliphatic imine (C=N–C) groups is 1. The first-order valence-corrected chi connectivity index (χ1v) is 16.5. The Morgan fingerprint density at radius 2 is 1.83 bits per heavy atom. The Morgan fingerprint density at radius 1 is 1.10 bits per heavy atom. The summed E-state index contributed by atoms with van der Waals surface area (Å²) in [5.74, 6) is 0.477. The predicted octanol–water partition coefficient (Wildman–Crippen LogP) is 8.15. The molecule has 0 unspecified atom stereocenters. The highest BCUT2D eigenvalue weighted by Gasteiger charge is 2.30. The number of amides is 1. The molecule has 2 aromatic carbocycles. The van der Waals surface area contributed by atoms with Gasteiger partial charge in [0.25, 0.3) is 5.91 Å². The topological polar surface area (TPSA) is 71.0 Å². The van der Waals surface area contributed by atoms with Crippen LogP contribution in [-0.2, 0) is 4.79 Å². The monoisotopic (exact) mass is 599 g/mol. The molecule has 0 radical (unpaired) electrons. The number of rotatable bonds is 9. The molecule has 2 heterocycles. The Bertz CT molecular complexity index is 1490. The first-order valence-electron chi connectivity index (χ1n) is 14.4. The first kappa shape index (κ1) is 30.0. The number of anilines is 1. The third-order valence-corrected chi connectivity index (χ3v) is 9.55. The molecule has 218 valence electrons. The average molecular weight is 600 g/mol. The molecule has 3 aromatic rings. The first-order chi connectivity index (χ1) is 20.5. The lowest BCUT2D eigenvalue weighted by Crippen LogP contribution is -2.31. The van der Waals surface area contributed by atoms with Crippen molar-refractivity contribution in [2.75, 3.05) is 31.7 Å². The van der Waals surface area contributed by atoms with Crippen LogP contribution in [0.1, 0.15) is 53.8 Å². The van der Waals surface area contributed by atoms with Crippen LogP contribution in [0.15, 0.2) is 82.3 Å². The summed E-state index contributed by atoms with van der Waals surface area (Å²) in [7, 11) is 2.19. The number of nitrogens with zero attached hydrogens (tertiary/aromatic N) is 2. The van der Waals surface area contributed by atoms with Crippen LogP contribution >= 0.6 is 23.1 Å². The van der Waals surface area contributed by atoms with Crippen LogP contribution in [0.5, 0.6) is 5.75 Å². The number of hydrogen-bond donors (Lipinski definition) is 1. The van der Waals surface area contributed by atoms with Crippen molar-refractivity contribution in [3.63, 3.8) is 0 Å². The molecule has 42 heavy (non-hydrogen) atoms. The molecule has 1 aliphatic heterocycles. The number of para-hydroxylation sites is 1. The van der Waals surface area contributed by atoms with Crippen LogP contribution < -0.4 is 10.1 Å². The van der Waals surface area contributed by atoms with E-state index >= 15 is 0 Å². The summed E-state index contributed by atoms with van der Waals surface area (Å²) in [5.41, 5.74) is 5.73. The standard InChI is InChI=1S/C34H37N3O3S2/c1-35-30(22-41-3)33(38)36-25-16-14-24(15-17-25)31-20-28(32(42-31)34(39)40-26-12-8-5-9-13-26)27-18-19-37(2)21-29(27)23-10-6-4-7-11-23/h5,8-9,12-17,20,22-23H,1,4,6-7,10-11,18-19,21H2,2-3H3,(H,36,38). The Hall–Kier alpha value is -3.46. The molecule has 1 fully saturated rings. The van der Waals surface area contributed by atoms with E-state index in [1.807, 2.05) is 60.9 Å². The Balaban J connectivity index is 1.51. The lowest BCUT2D eigenvalue weighted by Gasteiger charge is -2.34. The van der Waals surface area contributed by atoms with Gasteiger partial charge in [-0.1, -0.05) is 49.6 Å². The van der Waals surface area contributed by atoms with E-state index in [0.29, 0.717) is 22.2 Å². The van der Waals surface area contributed by atoms with Crippen LogP contribution in [0.4, 0.5) is 5.69 Å². The molecular weight excluding hydrogens is 563 g/mol. The van der Waals surface area contributed by atoms with E-state index in [4.69, 9.17) is 4.74 Å². The Kier molecular flexibility index (Phi) is 10.1. The van der Waals surface area contributed by atoms with Gasteiger partial charge in [-0.25, -0.2) is 4.79 Å². The summed E-state index contributed by atoms with van der Waals surface area (Å²) in [6.07, 6.45) is 9.06. The molecule has 1 aliphatic carbocycles. The zero-order valence-corrected chi connectivity index (χ0v) is 25.9. The molecule has 1 amide bonds. The number of ether oxygens (including phenoxy) is 1. The fourth-order valence-corrected chi connectivity index (χ4v) is 7.27. The molecule has 0 saturated heterocycles. The van der Waals surface area contributed by atoms with Crippen molar-refractivity contribution in [3.05, 3.63) is 87.8 Å². The second-order valence-corrected chi connectivity index (χ2v) is 12.6. The van der Waals surface area contributed by atoms with Crippen LogP contribution in [0.3, 0.4) is 0 Å². The Labute approximate surface area is 256 Å². The summed E-state index contributed by atoms with van der Waals surface area (Å²) < 4.78 is 5.87. The largest absolute Gasteiger partial charge is 0.422 e. The minimum atomic E-state index is -0.323. The maximum Gasteiger partial charge on any atom is 0.354 e. The number of nitrogens with one attached hydrogen (secondary N) is 1. The van der Waals surface area contributed by atoms with Gasteiger partial charge in [0.2, 0.25) is 0 Å². The molecule has 1 saturated carbocycles. The van der Waals surface area contributed by atoms with Gasteiger partial charge in [0, 0.05) is 34.6 Å². The maximum absolute atomic E-state index is 13.7. The van der Waals surface area contributed by atoms with E-state index in [0.717, 1.165) is 35.5 Å². The van der Waals surface area contributed by atoms with Crippen molar-refractivity contribution in [2.24, 2.45) is 10.9 Å². The SMILES string of the molecule is C=NC(=CSC)C(=O)Nc1ccc(-c2cc(C3=C(C4CCCCC4)CN(C)CC3)c(C(=O)Oc3ccccc3)s2)cc1. The third-order valence-electron chi connectivity index (χ3n) is 7.93. The molecule has 0 atom stereocenters. The number of hydrogen-bond acceptors (Lipinski definition) is 7. The Morgan fingerprint density at radius 3 is 2.52 bits per heavy atom. The third kappa shape index (κ3) is 7.12. The van der Waals surface area contributed by atoms with Gasteiger partial charge in [-0.05, 0) is 92.2 Å². The normalized spacial score (nSPS) is 16.8. The van der Waals surface area contributed by atoms with E-state index in [2.05, 4.69) is 35.0 Å². The van der Waals surface area contributed by atoms with Gasteiger partial charge in [0.15, 0.2) is 0 Å². The fourth-order valence-electron chi connectivity index (χ4n) is 5.80. The number of carbonyl (C=O) groups excluding carboxylic acids is 2. The average Bonchev–Trinajstić information content (AvgIpc) is 3.46. The zero-order valence-electron chi connectivity index (χ0n) is 24.2. The van der Waals surface area contributed by atoms with Crippen molar-refractivity contribution in [1.29, 1.82) is 0 Å². The number of likely N-dealkylation sites (N-methyl/N-ethyl adjacent to an activating group) is 1. The molecule has 5 rings (SSSR count). The van der Waals surface area contributed by atoms with E-state index in [1.54, 1.807) is 5.41 Å². The van der Waals surface area contributed by atoms with Gasteiger partial charge >= 0.3 is 5.97 Å². The van der Waals surface area contributed by atoms with Crippen LogP contribution in [0.2, 0.25) is 0 Å². The zero-order chi connectivity index (χ0) is 29.5. The lowest BCUT2D eigenvalue weighted by atomic mass is 9.78. The van der Waals surface area contributed by atoms with E-state index in [1.165, 1.54) is 66.3 Å². The van der Waals surface area contributed by atoms with Gasteiger partial charge in [-0.15, -0.1) is 23.1 Å². The van der Waals surface area contributed by atoms with Crippen molar-refractivity contribution >= 4 is 53.0 Å². The lowest BCUT2D eigenvalue weighted by molar-refractivity contribution is -0.112. The van der Waals surface area contributed by atoms with Gasteiger partial charge < -0.3 is 15.0 Å². The fraction of sp³-hybridized carbons (Fsp3) is 0.324. The molecule has 2 aliphatic rings. The summed E-state index contributed by atoms with van der Waals surface area (Å²) >= 11 is 2.87. The van der Waals surface area contributed by atoms with E-state index < -0.39 is 0 Å². The maximum atomic E-state index is 13.7. The predicted molar refractivity (Wildman–Crippen MR) is 177 cm³/mol. The molecule has 0 spiro atoms. The molecular formula is C34H37N3O3S2. The number of thioether (sulfide) groups is 1. The van der Waals surface area contributed by atoms with Gasteiger partial charge in [0.05, 0.1) is 0 Å². The minimum Gasteiger partial charge on any atom is -0.422 e. The van der Waals surface area contributed by atoms with Crippen molar-refractivity contribution in [1.82, 2.24) is 4.90 Å². The summed E-state index contributed by atoms with van der Waals surface area (Å²) in [6.45, 7) is 5.40. The molecule has 8 heteroatoms. The smallest absolute Gasteiger partial charge is 0.354 e. The van der Waals surface area contributed by atoms with Crippen molar-refractivity contribution < 1.29 is 14.3 Å². The van der Waals surface area contributed by atoms with E-state index in [-0.39, 0.29) is 17.6 Å².